The van der Waals surface area contributed by atoms with Gasteiger partial charge in [0, 0.05) is 0 Å². The number of rotatable bonds is 5. The van der Waals surface area contributed by atoms with E-state index in [1.165, 1.54) is 6.07 Å². The standard InChI is InChI=1S/C14H19NO4/c1-4-8(2)11(14(18)19)15-13(17)10-7-5-6-9(3)12(10)16/h5-8,11,16H,4H2,1-3H3,(H,15,17)(H,18,19). The molecule has 0 heterocycles. The van der Waals surface area contributed by atoms with Crippen LogP contribution in [0.25, 0.3) is 0 Å². The highest BCUT2D eigenvalue weighted by molar-refractivity contribution is 5.99. The Kier molecular flexibility index (Phi) is 4.92. The number of aromatic hydroxyl groups is 1. The number of carbonyl (C=O) groups excluding carboxylic acids is 1. The number of aliphatic carboxylic acids is 1. The third-order valence-corrected chi connectivity index (χ3v) is 3.25. The van der Waals surface area contributed by atoms with Crippen LogP contribution in [0.2, 0.25) is 0 Å². The maximum absolute atomic E-state index is 12.0. The highest BCUT2D eigenvalue weighted by Gasteiger charge is 2.26. The van der Waals surface area contributed by atoms with E-state index in [9.17, 15) is 14.7 Å². The molecule has 0 aliphatic carbocycles. The maximum atomic E-state index is 12.0. The molecule has 0 radical (unpaired) electrons. The van der Waals surface area contributed by atoms with Crippen LogP contribution in [0.4, 0.5) is 0 Å². The number of phenols is 1. The second kappa shape index (κ2) is 6.22. The first kappa shape index (κ1) is 15.0. The molecule has 0 fully saturated rings. The van der Waals surface area contributed by atoms with Gasteiger partial charge >= 0.3 is 5.97 Å². The fraction of sp³-hybridized carbons (Fsp3) is 0.429. The number of hydrogen-bond donors (Lipinski definition) is 3. The molecular formula is C14H19NO4. The van der Waals surface area contributed by atoms with E-state index in [2.05, 4.69) is 5.32 Å². The summed E-state index contributed by atoms with van der Waals surface area (Å²) in [5.74, 6) is -1.95. The average molecular weight is 265 g/mol. The summed E-state index contributed by atoms with van der Waals surface area (Å²) in [5.41, 5.74) is 0.664. The first-order chi connectivity index (χ1) is 8.88. The van der Waals surface area contributed by atoms with Gasteiger partial charge in [-0.05, 0) is 24.5 Å². The number of para-hydroxylation sites is 1. The van der Waals surface area contributed by atoms with E-state index in [0.717, 1.165) is 0 Å². The van der Waals surface area contributed by atoms with Crippen LogP contribution in [-0.2, 0) is 4.79 Å². The number of carboxylic acids is 1. The molecular weight excluding hydrogens is 246 g/mol. The van der Waals surface area contributed by atoms with Crippen LogP contribution in [-0.4, -0.2) is 28.1 Å². The minimum Gasteiger partial charge on any atom is -0.507 e. The molecule has 1 aromatic carbocycles. The number of aryl methyl sites for hydroxylation is 1. The number of hydrogen-bond acceptors (Lipinski definition) is 3. The summed E-state index contributed by atoms with van der Waals surface area (Å²) >= 11 is 0. The molecule has 0 saturated carbocycles. The number of amides is 1. The van der Waals surface area contributed by atoms with Gasteiger partial charge in [-0.2, -0.15) is 0 Å². The van der Waals surface area contributed by atoms with Crippen LogP contribution >= 0.6 is 0 Å². The number of benzene rings is 1. The molecule has 0 aliphatic heterocycles. The van der Waals surface area contributed by atoms with Crippen molar-refractivity contribution in [3.8, 4) is 5.75 Å². The number of carbonyl (C=O) groups is 2. The van der Waals surface area contributed by atoms with Gasteiger partial charge < -0.3 is 15.5 Å². The van der Waals surface area contributed by atoms with Crippen LogP contribution in [0.1, 0.15) is 36.2 Å². The zero-order valence-electron chi connectivity index (χ0n) is 11.3. The Bertz CT molecular complexity index is 484. The molecule has 1 amide bonds. The maximum Gasteiger partial charge on any atom is 0.326 e. The van der Waals surface area contributed by atoms with E-state index in [-0.39, 0.29) is 17.2 Å². The fourth-order valence-electron chi connectivity index (χ4n) is 1.74. The van der Waals surface area contributed by atoms with Crippen LogP contribution in [0.3, 0.4) is 0 Å². The van der Waals surface area contributed by atoms with Gasteiger partial charge in [-0.25, -0.2) is 4.79 Å². The molecule has 0 aromatic heterocycles. The number of nitrogens with one attached hydrogen (secondary N) is 1. The monoisotopic (exact) mass is 265 g/mol. The fourth-order valence-corrected chi connectivity index (χ4v) is 1.74. The average Bonchev–Trinajstić information content (AvgIpc) is 2.37. The van der Waals surface area contributed by atoms with E-state index in [1.54, 1.807) is 26.0 Å². The van der Waals surface area contributed by atoms with Crippen LogP contribution < -0.4 is 5.32 Å². The molecule has 2 unspecified atom stereocenters. The minimum atomic E-state index is -1.07. The topological polar surface area (TPSA) is 86.6 Å². The third kappa shape index (κ3) is 3.47. The van der Waals surface area contributed by atoms with Gasteiger partial charge in [-0.3, -0.25) is 4.79 Å². The summed E-state index contributed by atoms with van der Waals surface area (Å²) in [6.45, 7) is 5.29. The summed E-state index contributed by atoms with van der Waals surface area (Å²) in [6, 6.07) is 3.82. The molecule has 0 bridgehead atoms. The first-order valence-electron chi connectivity index (χ1n) is 6.20. The van der Waals surface area contributed by atoms with Gasteiger partial charge in [0.2, 0.25) is 0 Å². The lowest BCUT2D eigenvalue weighted by atomic mass is 9.98. The summed E-state index contributed by atoms with van der Waals surface area (Å²) in [5, 5.41) is 21.4. The molecule has 0 saturated heterocycles. The van der Waals surface area contributed by atoms with Crippen molar-refractivity contribution in [1.29, 1.82) is 0 Å². The van der Waals surface area contributed by atoms with Crippen molar-refractivity contribution >= 4 is 11.9 Å². The Balaban J connectivity index is 2.94. The summed E-state index contributed by atoms with van der Waals surface area (Å²) in [7, 11) is 0. The van der Waals surface area contributed by atoms with Crippen molar-refractivity contribution in [2.24, 2.45) is 5.92 Å². The first-order valence-corrected chi connectivity index (χ1v) is 6.20. The Labute approximate surface area is 112 Å². The van der Waals surface area contributed by atoms with Crippen molar-refractivity contribution < 1.29 is 19.8 Å². The molecule has 19 heavy (non-hydrogen) atoms. The zero-order chi connectivity index (χ0) is 14.6. The summed E-state index contributed by atoms with van der Waals surface area (Å²) in [6.07, 6.45) is 0.636. The van der Waals surface area contributed by atoms with Crippen molar-refractivity contribution in [2.75, 3.05) is 0 Å². The Morgan fingerprint density at radius 3 is 2.53 bits per heavy atom. The number of phenolic OH excluding ortho intramolecular Hbond substituents is 1. The molecule has 1 aromatic rings. The predicted octanol–water partition coefficient (Wildman–Crippen LogP) is 1.93. The Hall–Kier alpha value is -2.04. The third-order valence-electron chi connectivity index (χ3n) is 3.25. The zero-order valence-corrected chi connectivity index (χ0v) is 11.3. The summed E-state index contributed by atoms with van der Waals surface area (Å²) in [4.78, 5) is 23.2. The van der Waals surface area contributed by atoms with Crippen LogP contribution in [0, 0.1) is 12.8 Å². The smallest absolute Gasteiger partial charge is 0.326 e. The molecule has 3 N–H and O–H groups in total. The predicted molar refractivity (Wildman–Crippen MR) is 71.2 cm³/mol. The van der Waals surface area contributed by atoms with Crippen molar-refractivity contribution in [3.63, 3.8) is 0 Å². The highest BCUT2D eigenvalue weighted by atomic mass is 16.4. The van der Waals surface area contributed by atoms with Crippen molar-refractivity contribution in [3.05, 3.63) is 29.3 Å². The van der Waals surface area contributed by atoms with Crippen LogP contribution in [0.15, 0.2) is 18.2 Å². The van der Waals surface area contributed by atoms with E-state index >= 15 is 0 Å². The molecule has 5 heteroatoms. The van der Waals surface area contributed by atoms with Gasteiger partial charge in [-0.15, -0.1) is 0 Å². The Morgan fingerprint density at radius 2 is 2.00 bits per heavy atom. The van der Waals surface area contributed by atoms with Crippen molar-refractivity contribution in [1.82, 2.24) is 5.32 Å². The largest absolute Gasteiger partial charge is 0.507 e. The minimum absolute atomic E-state index is 0.0922. The lowest BCUT2D eigenvalue weighted by Crippen LogP contribution is -2.45. The van der Waals surface area contributed by atoms with Gasteiger partial charge in [0.25, 0.3) is 5.91 Å². The van der Waals surface area contributed by atoms with Gasteiger partial charge in [0.05, 0.1) is 5.56 Å². The molecule has 104 valence electrons. The van der Waals surface area contributed by atoms with Crippen molar-refractivity contribution in [2.45, 2.75) is 33.2 Å². The SMILES string of the molecule is CCC(C)C(NC(=O)c1cccc(C)c1O)C(=O)O. The van der Waals surface area contributed by atoms with E-state index in [0.29, 0.717) is 12.0 Å². The molecule has 0 spiro atoms. The lowest BCUT2D eigenvalue weighted by Gasteiger charge is -2.20. The second-order valence-electron chi connectivity index (χ2n) is 4.65. The quantitative estimate of drug-likeness (QED) is 0.759. The molecule has 0 aliphatic rings. The lowest BCUT2D eigenvalue weighted by molar-refractivity contribution is -0.140. The molecule has 1 rings (SSSR count). The Morgan fingerprint density at radius 1 is 1.37 bits per heavy atom. The van der Waals surface area contributed by atoms with Gasteiger partial charge in [-0.1, -0.05) is 32.4 Å². The number of carboxylic acid groups (broad SMARTS) is 1. The normalized spacial score (nSPS) is 13.6. The second-order valence-corrected chi connectivity index (χ2v) is 4.65. The van der Waals surface area contributed by atoms with E-state index in [1.807, 2.05) is 6.92 Å². The van der Waals surface area contributed by atoms with Gasteiger partial charge in [0.15, 0.2) is 0 Å². The highest BCUT2D eigenvalue weighted by Crippen LogP contribution is 2.21. The van der Waals surface area contributed by atoms with Crippen LogP contribution in [0.5, 0.6) is 5.75 Å². The molecule has 2 atom stereocenters. The van der Waals surface area contributed by atoms with Gasteiger partial charge in [0.1, 0.15) is 11.8 Å². The molecule has 5 nitrogen and oxygen atoms in total. The summed E-state index contributed by atoms with van der Waals surface area (Å²) < 4.78 is 0. The van der Waals surface area contributed by atoms with E-state index in [4.69, 9.17) is 5.11 Å². The van der Waals surface area contributed by atoms with E-state index < -0.39 is 17.9 Å².